The van der Waals surface area contributed by atoms with Crippen molar-refractivity contribution < 1.29 is 4.79 Å². The largest absolute Gasteiger partial charge is 0.351 e. The molecule has 0 radical (unpaired) electrons. The number of hydrogen-bond donors (Lipinski definition) is 2. The Hall–Kier alpha value is -1.63. The number of hydrogen-bond acceptors (Lipinski definition) is 4. The fourth-order valence-electron chi connectivity index (χ4n) is 2.04. The van der Waals surface area contributed by atoms with Gasteiger partial charge in [-0.1, -0.05) is 26.0 Å². The highest BCUT2D eigenvalue weighted by molar-refractivity contribution is 5.85. The fourth-order valence-corrected chi connectivity index (χ4v) is 2.04. The number of rotatable bonds is 6. The van der Waals surface area contributed by atoms with Crippen LogP contribution in [0.1, 0.15) is 25.8 Å². The van der Waals surface area contributed by atoms with E-state index in [1.807, 2.05) is 24.3 Å². The molecular weight excluding hydrogens is 337 g/mol. The van der Waals surface area contributed by atoms with E-state index in [-0.39, 0.29) is 30.7 Å². The molecule has 1 atom stereocenters. The van der Waals surface area contributed by atoms with E-state index in [1.54, 1.807) is 11.0 Å². The van der Waals surface area contributed by atoms with Crippen LogP contribution >= 0.6 is 24.8 Å². The van der Waals surface area contributed by atoms with Crippen molar-refractivity contribution in [3.05, 3.63) is 42.5 Å². The molecule has 6 nitrogen and oxygen atoms in total. The average Bonchev–Trinajstić information content (AvgIpc) is 2.98. The van der Waals surface area contributed by atoms with E-state index in [1.165, 1.54) is 6.33 Å². The summed E-state index contributed by atoms with van der Waals surface area (Å²) in [4.78, 5) is 15.8. The van der Waals surface area contributed by atoms with Gasteiger partial charge in [0, 0.05) is 6.54 Å². The molecule has 2 aromatic rings. The monoisotopic (exact) mass is 359 g/mol. The van der Waals surface area contributed by atoms with Crippen LogP contribution < -0.4 is 11.1 Å². The minimum atomic E-state index is -0.445. The molecule has 3 N–H and O–H groups in total. The van der Waals surface area contributed by atoms with Gasteiger partial charge in [-0.05, 0) is 30.0 Å². The number of aromatic nitrogens is 3. The van der Waals surface area contributed by atoms with Crippen molar-refractivity contribution in [3.63, 3.8) is 0 Å². The maximum atomic E-state index is 11.8. The molecule has 23 heavy (non-hydrogen) atoms. The standard InChI is InChI=1S/C15H21N5O.2ClH/c1-11(2)7-14(16)15(21)18-8-12-3-5-13(6-4-12)20-10-17-9-19-20;;/h3-6,9-11,14H,7-8,16H2,1-2H3,(H,18,21);2*1H/t14-;;/m0../s1. The summed E-state index contributed by atoms with van der Waals surface area (Å²) in [5.74, 6) is 0.303. The molecular formula is C15H23Cl2N5O. The lowest BCUT2D eigenvalue weighted by atomic mass is 10.0. The Morgan fingerprint density at radius 2 is 1.91 bits per heavy atom. The van der Waals surface area contributed by atoms with Gasteiger partial charge in [0.1, 0.15) is 12.7 Å². The van der Waals surface area contributed by atoms with Gasteiger partial charge in [0.05, 0.1) is 11.7 Å². The number of nitrogens with one attached hydrogen (secondary N) is 1. The molecule has 0 aliphatic carbocycles. The van der Waals surface area contributed by atoms with Gasteiger partial charge >= 0.3 is 0 Å². The Balaban J connectivity index is 0.00000242. The normalized spacial score (nSPS) is 11.3. The molecule has 8 heteroatoms. The second-order valence-corrected chi connectivity index (χ2v) is 5.46. The Morgan fingerprint density at radius 1 is 1.26 bits per heavy atom. The van der Waals surface area contributed by atoms with Crippen molar-refractivity contribution in [1.29, 1.82) is 0 Å². The number of nitrogens with zero attached hydrogens (tertiary/aromatic N) is 3. The number of carbonyl (C=O) groups is 1. The predicted molar refractivity (Wildman–Crippen MR) is 95.1 cm³/mol. The molecule has 1 aromatic carbocycles. The average molecular weight is 360 g/mol. The molecule has 0 aliphatic rings. The van der Waals surface area contributed by atoms with E-state index >= 15 is 0 Å². The number of carbonyl (C=O) groups excluding carboxylic acids is 1. The molecule has 0 fully saturated rings. The van der Waals surface area contributed by atoms with Crippen LogP contribution in [0.2, 0.25) is 0 Å². The fraction of sp³-hybridized carbons (Fsp3) is 0.400. The van der Waals surface area contributed by atoms with Gasteiger partial charge in [-0.15, -0.1) is 24.8 Å². The summed E-state index contributed by atoms with van der Waals surface area (Å²) in [6.45, 7) is 4.58. The first-order chi connectivity index (χ1) is 10.1. The Kier molecular flexibility index (Phi) is 9.48. The van der Waals surface area contributed by atoms with Gasteiger partial charge in [-0.25, -0.2) is 9.67 Å². The molecule has 0 saturated heterocycles. The third kappa shape index (κ3) is 6.56. The van der Waals surface area contributed by atoms with Crippen molar-refractivity contribution in [1.82, 2.24) is 20.1 Å². The zero-order chi connectivity index (χ0) is 15.2. The second kappa shape index (κ2) is 10.2. The molecule has 1 amide bonds. The molecule has 0 spiro atoms. The molecule has 0 aliphatic heterocycles. The first-order valence-electron chi connectivity index (χ1n) is 7.03. The van der Waals surface area contributed by atoms with E-state index in [9.17, 15) is 4.79 Å². The van der Waals surface area contributed by atoms with Gasteiger partial charge < -0.3 is 11.1 Å². The van der Waals surface area contributed by atoms with E-state index < -0.39 is 6.04 Å². The van der Waals surface area contributed by atoms with Crippen molar-refractivity contribution >= 4 is 30.7 Å². The summed E-state index contributed by atoms with van der Waals surface area (Å²) >= 11 is 0. The Labute approximate surface area is 148 Å². The first-order valence-corrected chi connectivity index (χ1v) is 7.03. The molecule has 128 valence electrons. The van der Waals surface area contributed by atoms with Crippen LogP contribution in [0.15, 0.2) is 36.9 Å². The summed E-state index contributed by atoms with van der Waals surface area (Å²) < 4.78 is 1.68. The molecule has 1 heterocycles. The lowest BCUT2D eigenvalue weighted by Crippen LogP contribution is -2.41. The predicted octanol–water partition coefficient (Wildman–Crippen LogP) is 2.10. The van der Waals surface area contributed by atoms with Crippen molar-refractivity contribution in [3.8, 4) is 5.69 Å². The third-order valence-electron chi connectivity index (χ3n) is 3.15. The topological polar surface area (TPSA) is 85.8 Å². The maximum Gasteiger partial charge on any atom is 0.237 e. The summed E-state index contributed by atoms with van der Waals surface area (Å²) in [7, 11) is 0. The highest BCUT2D eigenvalue weighted by atomic mass is 35.5. The molecule has 0 bridgehead atoms. The third-order valence-corrected chi connectivity index (χ3v) is 3.15. The van der Waals surface area contributed by atoms with Gasteiger partial charge in [0.15, 0.2) is 0 Å². The minimum absolute atomic E-state index is 0. The zero-order valence-electron chi connectivity index (χ0n) is 13.2. The quantitative estimate of drug-likeness (QED) is 0.826. The van der Waals surface area contributed by atoms with E-state index in [0.717, 1.165) is 11.3 Å². The summed E-state index contributed by atoms with van der Waals surface area (Å²) in [6.07, 6.45) is 3.82. The van der Waals surface area contributed by atoms with Crippen molar-refractivity contribution in [2.24, 2.45) is 11.7 Å². The van der Waals surface area contributed by atoms with Crippen LogP contribution in [-0.4, -0.2) is 26.7 Å². The number of benzene rings is 1. The highest BCUT2D eigenvalue weighted by Crippen LogP contribution is 2.08. The Bertz CT molecular complexity index is 572. The number of halogens is 2. The summed E-state index contributed by atoms with van der Waals surface area (Å²) in [5, 5.41) is 6.92. The van der Waals surface area contributed by atoms with E-state index in [0.29, 0.717) is 18.9 Å². The van der Waals surface area contributed by atoms with Crippen molar-refractivity contribution in [2.75, 3.05) is 0 Å². The van der Waals surface area contributed by atoms with Gasteiger partial charge in [0.2, 0.25) is 5.91 Å². The van der Waals surface area contributed by atoms with E-state index in [2.05, 4.69) is 29.2 Å². The SMILES string of the molecule is CC(C)C[C@H](N)C(=O)NCc1ccc(-n2cncn2)cc1.Cl.Cl. The summed E-state index contributed by atoms with van der Waals surface area (Å²) in [6, 6.07) is 7.32. The smallest absolute Gasteiger partial charge is 0.237 e. The molecule has 0 unspecified atom stereocenters. The zero-order valence-corrected chi connectivity index (χ0v) is 14.8. The van der Waals surface area contributed by atoms with Crippen molar-refractivity contribution in [2.45, 2.75) is 32.9 Å². The number of nitrogens with two attached hydrogens (primary N) is 1. The molecule has 0 saturated carbocycles. The van der Waals surface area contributed by atoms with E-state index in [4.69, 9.17) is 5.73 Å². The van der Waals surface area contributed by atoms with Crippen LogP contribution in [0, 0.1) is 5.92 Å². The van der Waals surface area contributed by atoms with Crippen LogP contribution in [-0.2, 0) is 11.3 Å². The number of amides is 1. The second-order valence-electron chi connectivity index (χ2n) is 5.46. The van der Waals surface area contributed by atoms with Gasteiger partial charge in [-0.3, -0.25) is 4.79 Å². The lowest BCUT2D eigenvalue weighted by molar-refractivity contribution is -0.122. The van der Waals surface area contributed by atoms with Crippen LogP contribution in [0.3, 0.4) is 0 Å². The first kappa shape index (κ1) is 21.4. The maximum absolute atomic E-state index is 11.8. The highest BCUT2D eigenvalue weighted by Gasteiger charge is 2.14. The minimum Gasteiger partial charge on any atom is -0.351 e. The lowest BCUT2D eigenvalue weighted by Gasteiger charge is -2.14. The Morgan fingerprint density at radius 3 is 2.43 bits per heavy atom. The molecule has 1 aromatic heterocycles. The van der Waals surface area contributed by atoms with Crippen LogP contribution in [0.25, 0.3) is 5.69 Å². The van der Waals surface area contributed by atoms with Gasteiger partial charge in [-0.2, -0.15) is 5.10 Å². The van der Waals surface area contributed by atoms with Crippen LogP contribution in [0.5, 0.6) is 0 Å². The van der Waals surface area contributed by atoms with Crippen LogP contribution in [0.4, 0.5) is 0 Å². The van der Waals surface area contributed by atoms with Gasteiger partial charge in [0.25, 0.3) is 0 Å². The summed E-state index contributed by atoms with van der Waals surface area (Å²) in [5.41, 5.74) is 7.79. The molecule has 2 rings (SSSR count).